The molecule has 5 nitrogen and oxygen atoms in total. The highest BCUT2D eigenvalue weighted by Crippen LogP contribution is 2.49. The molecule has 34 heavy (non-hydrogen) atoms. The number of ether oxygens (including phenoxy) is 1. The van der Waals surface area contributed by atoms with Crippen molar-refractivity contribution in [1.29, 1.82) is 0 Å². The van der Waals surface area contributed by atoms with Crippen LogP contribution in [-0.4, -0.2) is 48.2 Å². The maximum atomic E-state index is 11.9. The van der Waals surface area contributed by atoms with Crippen LogP contribution in [0.15, 0.2) is 46.4 Å². The summed E-state index contributed by atoms with van der Waals surface area (Å²) >= 11 is 3.49. The van der Waals surface area contributed by atoms with Crippen molar-refractivity contribution >= 4 is 27.4 Å². The highest BCUT2D eigenvalue weighted by Gasteiger charge is 2.39. The molecule has 0 saturated heterocycles. The van der Waals surface area contributed by atoms with E-state index in [2.05, 4.69) is 77.2 Å². The van der Waals surface area contributed by atoms with E-state index in [4.69, 9.17) is 4.74 Å². The van der Waals surface area contributed by atoms with Crippen LogP contribution in [0.1, 0.15) is 62.6 Å². The summed E-state index contributed by atoms with van der Waals surface area (Å²) in [6.07, 6.45) is 3.98. The normalized spacial score (nSPS) is 18.0. The SMILES string of the molecule is CNC(=O)CN1CCC2=C(C1)c1c(O)cc(C(C)CCCc3ccc(Br)cc3)cc1OC2(C)C. The van der Waals surface area contributed by atoms with E-state index < -0.39 is 5.60 Å². The number of aryl methyl sites for hydroxylation is 1. The van der Waals surface area contributed by atoms with Gasteiger partial charge in [0.1, 0.15) is 17.1 Å². The summed E-state index contributed by atoms with van der Waals surface area (Å²) in [5.74, 6) is 1.34. The van der Waals surface area contributed by atoms with Gasteiger partial charge in [0.25, 0.3) is 0 Å². The summed E-state index contributed by atoms with van der Waals surface area (Å²) in [7, 11) is 1.66. The number of carbonyl (C=O) groups is 1. The number of nitrogens with zero attached hydrogens (tertiary/aromatic N) is 1. The summed E-state index contributed by atoms with van der Waals surface area (Å²) in [5.41, 5.74) is 5.13. The summed E-state index contributed by atoms with van der Waals surface area (Å²) < 4.78 is 7.56. The van der Waals surface area contributed by atoms with Gasteiger partial charge in [0.05, 0.1) is 12.1 Å². The van der Waals surface area contributed by atoms with Crippen molar-refractivity contribution in [1.82, 2.24) is 10.2 Å². The number of likely N-dealkylation sites (N-methyl/N-ethyl adjacent to an activating group) is 1. The van der Waals surface area contributed by atoms with Crippen molar-refractivity contribution < 1.29 is 14.6 Å². The first-order valence-corrected chi connectivity index (χ1v) is 12.9. The van der Waals surface area contributed by atoms with E-state index in [1.165, 1.54) is 11.1 Å². The Morgan fingerprint density at radius 1 is 1.26 bits per heavy atom. The van der Waals surface area contributed by atoms with Gasteiger partial charge in [0.15, 0.2) is 0 Å². The average Bonchev–Trinajstić information content (AvgIpc) is 2.79. The van der Waals surface area contributed by atoms with Crippen molar-refractivity contribution in [2.24, 2.45) is 0 Å². The largest absolute Gasteiger partial charge is 0.507 e. The molecule has 0 fully saturated rings. The Hall–Kier alpha value is -2.31. The molecule has 2 N–H and O–H groups in total. The predicted octanol–water partition coefficient (Wildman–Crippen LogP) is 5.66. The van der Waals surface area contributed by atoms with E-state index in [1.807, 2.05) is 6.07 Å². The first-order valence-electron chi connectivity index (χ1n) is 12.1. The standard InChI is InChI=1S/C28H35BrN2O3/c1-18(6-5-7-19-8-10-21(29)11-9-19)20-14-24(32)27-22-16-31(17-26(33)30-4)13-12-23(22)28(2,3)34-25(27)15-20/h8-11,14-15,18,32H,5-7,12-13,16-17H2,1-4H3,(H,30,33). The Bertz CT molecular complexity index is 1090. The van der Waals surface area contributed by atoms with Gasteiger partial charge < -0.3 is 15.2 Å². The molecule has 182 valence electrons. The first kappa shape index (κ1) is 24.8. The Labute approximate surface area is 211 Å². The number of rotatable bonds is 7. The van der Waals surface area contributed by atoms with Crippen LogP contribution in [0.3, 0.4) is 0 Å². The van der Waals surface area contributed by atoms with Gasteiger partial charge >= 0.3 is 0 Å². The minimum atomic E-state index is -0.433. The van der Waals surface area contributed by atoms with Crippen LogP contribution in [0.2, 0.25) is 0 Å². The molecule has 2 aliphatic heterocycles. The van der Waals surface area contributed by atoms with Crippen LogP contribution in [0, 0.1) is 0 Å². The summed E-state index contributed by atoms with van der Waals surface area (Å²) in [4.78, 5) is 14.1. The van der Waals surface area contributed by atoms with Gasteiger partial charge in [-0.2, -0.15) is 0 Å². The molecule has 2 aromatic carbocycles. The third-order valence-electron chi connectivity index (χ3n) is 7.15. The zero-order valence-corrected chi connectivity index (χ0v) is 22.2. The van der Waals surface area contributed by atoms with E-state index in [-0.39, 0.29) is 11.7 Å². The molecular formula is C28H35BrN2O3. The summed E-state index contributed by atoms with van der Waals surface area (Å²) in [6.45, 7) is 8.22. The molecule has 1 amide bonds. The smallest absolute Gasteiger partial charge is 0.233 e. The topological polar surface area (TPSA) is 61.8 Å². The van der Waals surface area contributed by atoms with E-state index in [0.717, 1.165) is 59.2 Å². The number of phenolic OH excluding ortho intramolecular Hbond substituents is 1. The van der Waals surface area contributed by atoms with Crippen LogP contribution in [0.5, 0.6) is 11.5 Å². The lowest BCUT2D eigenvalue weighted by Crippen LogP contribution is -2.44. The van der Waals surface area contributed by atoms with Gasteiger partial charge in [-0.25, -0.2) is 0 Å². The lowest BCUT2D eigenvalue weighted by molar-refractivity contribution is -0.121. The van der Waals surface area contributed by atoms with Gasteiger partial charge in [-0.3, -0.25) is 9.69 Å². The second kappa shape index (κ2) is 10.1. The number of carbonyl (C=O) groups excluding carboxylic acids is 1. The molecule has 6 heteroatoms. The van der Waals surface area contributed by atoms with Crippen molar-refractivity contribution in [3.05, 3.63) is 63.1 Å². The van der Waals surface area contributed by atoms with Crippen molar-refractivity contribution in [2.45, 2.75) is 58.0 Å². The predicted molar refractivity (Wildman–Crippen MR) is 140 cm³/mol. The average molecular weight is 528 g/mol. The quantitative estimate of drug-likeness (QED) is 0.488. The van der Waals surface area contributed by atoms with Gasteiger partial charge in [-0.05, 0) is 92.0 Å². The Balaban J connectivity index is 1.53. The molecule has 2 aromatic rings. The zero-order chi connectivity index (χ0) is 24.5. The van der Waals surface area contributed by atoms with Gasteiger partial charge in [0.2, 0.25) is 5.91 Å². The minimum absolute atomic E-state index is 0.00660. The number of aromatic hydroxyl groups is 1. The highest BCUT2D eigenvalue weighted by atomic mass is 79.9. The second-order valence-corrected chi connectivity index (χ2v) is 11.0. The molecule has 0 saturated carbocycles. The van der Waals surface area contributed by atoms with Crippen molar-refractivity contribution in [3.63, 3.8) is 0 Å². The van der Waals surface area contributed by atoms with E-state index in [0.29, 0.717) is 19.0 Å². The molecule has 0 aliphatic carbocycles. The van der Waals surface area contributed by atoms with E-state index >= 15 is 0 Å². The third kappa shape index (κ3) is 5.33. The number of nitrogens with one attached hydrogen (secondary N) is 1. The van der Waals surface area contributed by atoms with Gasteiger partial charge in [0, 0.05) is 24.6 Å². The van der Waals surface area contributed by atoms with Gasteiger partial charge in [-0.15, -0.1) is 0 Å². The van der Waals surface area contributed by atoms with Crippen molar-refractivity contribution in [2.75, 3.05) is 26.7 Å². The molecule has 1 unspecified atom stereocenters. The number of halogens is 1. The fraction of sp³-hybridized carbons (Fsp3) is 0.464. The van der Waals surface area contributed by atoms with Crippen LogP contribution in [-0.2, 0) is 11.2 Å². The fourth-order valence-corrected chi connectivity index (χ4v) is 5.45. The summed E-state index contributed by atoms with van der Waals surface area (Å²) in [5, 5.41) is 13.8. The number of fused-ring (bicyclic) bond motifs is 2. The molecule has 1 atom stereocenters. The summed E-state index contributed by atoms with van der Waals surface area (Å²) in [6, 6.07) is 12.5. The minimum Gasteiger partial charge on any atom is -0.507 e. The fourth-order valence-electron chi connectivity index (χ4n) is 5.19. The number of benzene rings is 2. The van der Waals surface area contributed by atoms with Crippen LogP contribution >= 0.6 is 15.9 Å². The maximum Gasteiger partial charge on any atom is 0.233 e. The molecule has 4 rings (SSSR count). The molecule has 0 bridgehead atoms. The van der Waals surface area contributed by atoms with Crippen LogP contribution in [0.25, 0.3) is 5.57 Å². The molecule has 2 aliphatic rings. The number of hydrogen-bond acceptors (Lipinski definition) is 4. The maximum absolute atomic E-state index is 11.9. The lowest BCUT2D eigenvalue weighted by atomic mass is 9.80. The Kier molecular flexibility index (Phi) is 7.39. The van der Waals surface area contributed by atoms with E-state index in [9.17, 15) is 9.90 Å². The molecule has 2 heterocycles. The third-order valence-corrected chi connectivity index (χ3v) is 7.68. The number of hydrogen-bond donors (Lipinski definition) is 2. The molecular weight excluding hydrogens is 492 g/mol. The van der Waals surface area contributed by atoms with Crippen LogP contribution in [0.4, 0.5) is 0 Å². The second-order valence-electron chi connectivity index (χ2n) is 10.0. The Morgan fingerprint density at radius 2 is 2.00 bits per heavy atom. The number of amides is 1. The van der Waals surface area contributed by atoms with Crippen LogP contribution < -0.4 is 10.1 Å². The lowest BCUT2D eigenvalue weighted by Gasteiger charge is -2.42. The van der Waals surface area contributed by atoms with Gasteiger partial charge in [-0.1, -0.05) is 35.0 Å². The zero-order valence-electron chi connectivity index (χ0n) is 20.6. The van der Waals surface area contributed by atoms with Crippen molar-refractivity contribution in [3.8, 4) is 11.5 Å². The molecule has 0 spiro atoms. The monoisotopic (exact) mass is 526 g/mol. The molecule has 0 radical (unpaired) electrons. The first-order chi connectivity index (χ1) is 16.2. The van der Waals surface area contributed by atoms with E-state index in [1.54, 1.807) is 7.05 Å². The highest BCUT2D eigenvalue weighted by molar-refractivity contribution is 9.10. The molecule has 0 aromatic heterocycles. The Morgan fingerprint density at radius 3 is 2.71 bits per heavy atom. The number of phenols is 1.